The molecule has 102 valence electrons. The first kappa shape index (κ1) is 14.2. The van der Waals surface area contributed by atoms with E-state index >= 15 is 0 Å². The van der Waals surface area contributed by atoms with Crippen molar-refractivity contribution in [2.75, 3.05) is 6.54 Å². The van der Waals surface area contributed by atoms with Crippen molar-refractivity contribution in [3.05, 3.63) is 52.0 Å². The molecule has 0 spiro atoms. The molecule has 0 atom stereocenters. The Labute approximate surface area is 119 Å². The fourth-order valence-electron chi connectivity index (χ4n) is 2.07. The van der Waals surface area contributed by atoms with Crippen molar-refractivity contribution in [2.45, 2.75) is 33.2 Å². The van der Waals surface area contributed by atoms with Crippen LogP contribution in [0.3, 0.4) is 0 Å². The van der Waals surface area contributed by atoms with Crippen LogP contribution < -0.4 is 5.32 Å². The van der Waals surface area contributed by atoms with Crippen molar-refractivity contribution < 1.29 is 0 Å². The van der Waals surface area contributed by atoms with Gasteiger partial charge in [0.1, 0.15) is 0 Å². The number of hydrogen-bond acceptors (Lipinski definition) is 3. The maximum absolute atomic E-state index is 4.28. The molecule has 3 heteroatoms. The summed E-state index contributed by atoms with van der Waals surface area (Å²) in [7, 11) is 0. The van der Waals surface area contributed by atoms with Crippen LogP contribution in [0.25, 0.3) is 0 Å². The van der Waals surface area contributed by atoms with Crippen LogP contribution >= 0.6 is 11.3 Å². The smallest absolute Gasteiger partial charge is 0.0794 e. The van der Waals surface area contributed by atoms with Crippen molar-refractivity contribution in [2.24, 2.45) is 5.92 Å². The van der Waals surface area contributed by atoms with Crippen molar-refractivity contribution in [1.82, 2.24) is 10.3 Å². The minimum absolute atomic E-state index is 0.724. The van der Waals surface area contributed by atoms with Crippen molar-refractivity contribution in [1.29, 1.82) is 0 Å². The average molecular weight is 274 g/mol. The normalized spacial score (nSPS) is 11.1. The van der Waals surface area contributed by atoms with Crippen LogP contribution in [0, 0.1) is 5.92 Å². The van der Waals surface area contributed by atoms with E-state index in [4.69, 9.17) is 0 Å². The summed E-state index contributed by atoms with van der Waals surface area (Å²) in [5.41, 5.74) is 5.86. The number of benzene rings is 1. The molecule has 0 saturated carbocycles. The monoisotopic (exact) mass is 274 g/mol. The van der Waals surface area contributed by atoms with E-state index in [0.717, 1.165) is 31.8 Å². The molecule has 0 amide bonds. The summed E-state index contributed by atoms with van der Waals surface area (Å²) in [6.07, 6.45) is 2.17. The van der Waals surface area contributed by atoms with E-state index in [0.29, 0.717) is 0 Å². The van der Waals surface area contributed by atoms with Gasteiger partial charge in [-0.05, 0) is 23.5 Å². The number of nitrogens with zero attached hydrogens (tertiary/aromatic N) is 1. The predicted octanol–water partition coefficient (Wildman–Crippen LogP) is 3.67. The molecule has 2 aromatic rings. The zero-order chi connectivity index (χ0) is 13.5. The number of hydrogen-bond donors (Lipinski definition) is 1. The van der Waals surface area contributed by atoms with Crippen LogP contribution in [0.2, 0.25) is 0 Å². The van der Waals surface area contributed by atoms with Crippen LogP contribution in [0.15, 0.2) is 35.2 Å². The minimum Gasteiger partial charge on any atom is -0.312 e. The van der Waals surface area contributed by atoms with Gasteiger partial charge in [-0.3, -0.25) is 0 Å². The van der Waals surface area contributed by atoms with E-state index in [-0.39, 0.29) is 0 Å². The maximum atomic E-state index is 4.28. The third-order valence-electron chi connectivity index (χ3n) is 3.04. The number of nitrogens with one attached hydrogen (secondary N) is 1. The van der Waals surface area contributed by atoms with Gasteiger partial charge >= 0.3 is 0 Å². The fourth-order valence-corrected chi connectivity index (χ4v) is 2.67. The van der Waals surface area contributed by atoms with Gasteiger partial charge in [-0.2, -0.15) is 0 Å². The van der Waals surface area contributed by atoms with Gasteiger partial charge in [-0.1, -0.05) is 38.1 Å². The molecule has 0 fully saturated rings. The van der Waals surface area contributed by atoms with E-state index < -0.39 is 0 Å². The highest BCUT2D eigenvalue weighted by atomic mass is 32.1. The quantitative estimate of drug-likeness (QED) is 0.779. The van der Waals surface area contributed by atoms with Crippen molar-refractivity contribution >= 4 is 11.3 Å². The minimum atomic E-state index is 0.724. The second-order valence-electron chi connectivity index (χ2n) is 5.32. The fraction of sp³-hybridized carbons (Fsp3) is 0.438. The van der Waals surface area contributed by atoms with Crippen molar-refractivity contribution in [3.8, 4) is 0 Å². The number of thiazole rings is 1. The van der Waals surface area contributed by atoms with Crippen LogP contribution in [-0.2, 0) is 19.4 Å². The lowest BCUT2D eigenvalue weighted by molar-refractivity contribution is 0.646. The van der Waals surface area contributed by atoms with E-state index in [1.807, 2.05) is 5.51 Å². The van der Waals surface area contributed by atoms with Crippen LogP contribution in [0.4, 0.5) is 0 Å². The Morgan fingerprint density at radius 3 is 2.53 bits per heavy atom. The molecular weight excluding hydrogens is 252 g/mol. The summed E-state index contributed by atoms with van der Waals surface area (Å²) in [6, 6.07) is 8.95. The topological polar surface area (TPSA) is 24.9 Å². The second kappa shape index (κ2) is 7.41. The lowest BCUT2D eigenvalue weighted by Gasteiger charge is -2.07. The predicted molar refractivity (Wildman–Crippen MR) is 82.5 cm³/mol. The van der Waals surface area contributed by atoms with Crippen LogP contribution in [0.5, 0.6) is 0 Å². The highest BCUT2D eigenvalue weighted by Gasteiger charge is 1.99. The summed E-state index contributed by atoms with van der Waals surface area (Å²) in [6.45, 7) is 6.44. The molecule has 0 saturated heterocycles. The summed E-state index contributed by atoms with van der Waals surface area (Å²) in [5.74, 6) is 0.724. The number of rotatable bonds is 7. The maximum Gasteiger partial charge on any atom is 0.0794 e. The summed E-state index contributed by atoms with van der Waals surface area (Å²) >= 11 is 1.66. The molecule has 19 heavy (non-hydrogen) atoms. The van der Waals surface area contributed by atoms with Crippen molar-refractivity contribution in [3.63, 3.8) is 0 Å². The molecule has 0 radical (unpaired) electrons. The van der Waals surface area contributed by atoms with E-state index in [9.17, 15) is 0 Å². The molecular formula is C16H22N2S. The SMILES string of the molecule is CC(C)Cc1ccc(CNCCc2cscn2)cc1. The average Bonchev–Trinajstić information content (AvgIpc) is 2.89. The molecule has 1 N–H and O–H groups in total. The molecule has 1 aromatic heterocycles. The van der Waals surface area contributed by atoms with E-state index in [1.54, 1.807) is 11.3 Å². The Bertz CT molecular complexity index is 460. The van der Waals surface area contributed by atoms with E-state index in [1.165, 1.54) is 16.8 Å². The van der Waals surface area contributed by atoms with Crippen LogP contribution in [-0.4, -0.2) is 11.5 Å². The van der Waals surface area contributed by atoms with Gasteiger partial charge in [-0.25, -0.2) is 4.98 Å². The Kier molecular flexibility index (Phi) is 5.55. The second-order valence-corrected chi connectivity index (χ2v) is 6.04. The van der Waals surface area contributed by atoms with Gasteiger partial charge in [0.25, 0.3) is 0 Å². The van der Waals surface area contributed by atoms with Crippen LogP contribution in [0.1, 0.15) is 30.7 Å². The van der Waals surface area contributed by atoms with Gasteiger partial charge in [0.05, 0.1) is 11.2 Å². The summed E-state index contributed by atoms with van der Waals surface area (Å²) in [4.78, 5) is 4.28. The molecule has 2 rings (SSSR count). The molecule has 1 aromatic carbocycles. The van der Waals surface area contributed by atoms with E-state index in [2.05, 4.69) is 53.8 Å². The first-order chi connectivity index (χ1) is 9.24. The van der Waals surface area contributed by atoms with Gasteiger partial charge in [0.2, 0.25) is 0 Å². The zero-order valence-corrected chi connectivity index (χ0v) is 12.5. The van der Waals surface area contributed by atoms with Gasteiger partial charge in [0, 0.05) is 24.9 Å². The summed E-state index contributed by atoms with van der Waals surface area (Å²) in [5, 5.41) is 5.58. The zero-order valence-electron chi connectivity index (χ0n) is 11.7. The summed E-state index contributed by atoms with van der Waals surface area (Å²) < 4.78 is 0. The Balaban J connectivity index is 1.71. The molecule has 0 unspecified atom stereocenters. The van der Waals surface area contributed by atoms with Gasteiger partial charge in [-0.15, -0.1) is 11.3 Å². The Hall–Kier alpha value is -1.19. The number of aromatic nitrogens is 1. The molecule has 2 nitrogen and oxygen atoms in total. The molecule has 0 aliphatic rings. The first-order valence-electron chi connectivity index (χ1n) is 6.89. The third-order valence-corrected chi connectivity index (χ3v) is 3.67. The van der Waals surface area contributed by atoms with Gasteiger partial charge in [0.15, 0.2) is 0 Å². The van der Waals surface area contributed by atoms with Gasteiger partial charge < -0.3 is 5.32 Å². The molecule has 0 aliphatic heterocycles. The largest absolute Gasteiger partial charge is 0.312 e. The molecule has 0 aliphatic carbocycles. The Morgan fingerprint density at radius 1 is 1.16 bits per heavy atom. The highest BCUT2D eigenvalue weighted by molar-refractivity contribution is 7.07. The molecule has 0 bridgehead atoms. The lowest BCUT2D eigenvalue weighted by atomic mass is 10.0. The Morgan fingerprint density at radius 2 is 1.89 bits per heavy atom. The lowest BCUT2D eigenvalue weighted by Crippen LogP contribution is -2.16. The molecule has 1 heterocycles. The standard InChI is InChI=1S/C16H22N2S/c1-13(2)9-14-3-5-15(6-4-14)10-17-8-7-16-11-19-12-18-16/h3-6,11-13,17H,7-10H2,1-2H3. The first-order valence-corrected chi connectivity index (χ1v) is 7.84. The third kappa shape index (κ3) is 5.13. The highest BCUT2D eigenvalue weighted by Crippen LogP contribution is 2.09.